The molecule has 0 spiro atoms. The van der Waals surface area contributed by atoms with Gasteiger partial charge in [0, 0.05) is 27.6 Å². The molecule has 2 rings (SSSR count). The summed E-state index contributed by atoms with van der Waals surface area (Å²) in [5.41, 5.74) is 1.73. The molecule has 0 saturated carbocycles. The molecule has 0 fully saturated rings. The van der Waals surface area contributed by atoms with E-state index in [9.17, 15) is 4.79 Å². The van der Waals surface area contributed by atoms with E-state index in [4.69, 9.17) is 5.11 Å². The fourth-order valence-corrected chi connectivity index (χ4v) is 3.01. The smallest absolute Gasteiger partial charge is 0.309 e. The lowest BCUT2D eigenvalue weighted by Gasteiger charge is -2.19. The van der Waals surface area contributed by atoms with E-state index in [2.05, 4.69) is 39.6 Å². The summed E-state index contributed by atoms with van der Waals surface area (Å²) in [7, 11) is 0. The molecule has 4 heteroatoms. The van der Waals surface area contributed by atoms with Gasteiger partial charge in [-0.1, -0.05) is 18.2 Å². The average Bonchev–Trinajstić information content (AvgIpc) is 2.64. The zero-order chi connectivity index (χ0) is 14.9. The normalized spacial score (nSPS) is 12.0. The summed E-state index contributed by atoms with van der Waals surface area (Å²) in [6.45, 7) is 6.50. The number of nitrogens with zero attached hydrogens (tertiary/aromatic N) is 1. The first kappa shape index (κ1) is 15.1. The second kappa shape index (κ2) is 5.60. The van der Waals surface area contributed by atoms with Crippen molar-refractivity contribution in [1.29, 1.82) is 0 Å². The standard InChI is InChI=1S/C16H20BrNO2/c1-11-14(17)12-7-4-5-8-13(12)18(11)10-6-9-16(2,3)15(19)20/h4-5,7-8H,6,9-10H2,1-3H3,(H,19,20). The van der Waals surface area contributed by atoms with Crippen molar-refractivity contribution in [2.45, 2.75) is 40.2 Å². The number of aryl methyl sites for hydroxylation is 1. The van der Waals surface area contributed by atoms with Crippen molar-refractivity contribution in [3.63, 3.8) is 0 Å². The highest BCUT2D eigenvalue weighted by Crippen LogP contribution is 2.31. The number of aromatic nitrogens is 1. The molecule has 0 radical (unpaired) electrons. The molecule has 20 heavy (non-hydrogen) atoms. The lowest BCUT2D eigenvalue weighted by atomic mass is 9.88. The minimum atomic E-state index is -0.729. The number of hydrogen-bond acceptors (Lipinski definition) is 1. The molecule has 0 aliphatic rings. The van der Waals surface area contributed by atoms with E-state index in [0.717, 1.165) is 17.4 Å². The Morgan fingerprint density at radius 1 is 1.35 bits per heavy atom. The first-order valence-electron chi connectivity index (χ1n) is 6.81. The minimum absolute atomic E-state index is 0.659. The van der Waals surface area contributed by atoms with E-state index in [-0.39, 0.29) is 0 Å². The van der Waals surface area contributed by atoms with Crippen LogP contribution in [0.4, 0.5) is 0 Å². The molecule has 1 aromatic carbocycles. The first-order valence-corrected chi connectivity index (χ1v) is 7.60. The molecular weight excluding hydrogens is 318 g/mol. The Kier molecular flexibility index (Phi) is 4.23. The molecule has 1 N–H and O–H groups in total. The zero-order valence-electron chi connectivity index (χ0n) is 12.1. The molecule has 0 unspecified atom stereocenters. The highest BCUT2D eigenvalue weighted by atomic mass is 79.9. The van der Waals surface area contributed by atoms with E-state index in [0.29, 0.717) is 6.42 Å². The summed E-state index contributed by atoms with van der Waals surface area (Å²) in [6, 6.07) is 8.27. The topological polar surface area (TPSA) is 42.2 Å². The van der Waals surface area contributed by atoms with Gasteiger partial charge < -0.3 is 9.67 Å². The van der Waals surface area contributed by atoms with Gasteiger partial charge >= 0.3 is 5.97 Å². The fourth-order valence-electron chi connectivity index (χ4n) is 2.46. The molecule has 0 amide bonds. The summed E-state index contributed by atoms with van der Waals surface area (Å²) in [5, 5.41) is 10.4. The summed E-state index contributed by atoms with van der Waals surface area (Å²) >= 11 is 3.64. The van der Waals surface area contributed by atoms with Crippen LogP contribution in [0, 0.1) is 12.3 Å². The molecule has 1 heterocycles. The van der Waals surface area contributed by atoms with E-state index in [1.165, 1.54) is 16.6 Å². The largest absolute Gasteiger partial charge is 0.481 e. The van der Waals surface area contributed by atoms with Crippen LogP contribution in [-0.4, -0.2) is 15.6 Å². The summed E-state index contributed by atoms with van der Waals surface area (Å²) in [4.78, 5) is 11.1. The highest BCUT2D eigenvalue weighted by molar-refractivity contribution is 9.10. The molecule has 2 aromatic rings. The number of carboxylic acid groups (broad SMARTS) is 1. The third kappa shape index (κ3) is 2.75. The van der Waals surface area contributed by atoms with Gasteiger partial charge in [-0.15, -0.1) is 0 Å². The number of benzene rings is 1. The van der Waals surface area contributed by atoms with Crippen LogP contribution in [-0.2, 0) is 11.3 Å². The van der Waals surface area contributed by atoms with Crippen molar-refractivity contribution in [2.75, 3.05) is 0 Å². The van der Waals surface area contributed by atoms with E-state index >= 15 is 0 Å². The Morgan fingerprint density at radius 3 is 2.65 bits per heavy atom. The fraction of sp³-hybridized carbons (Fsp3) is 0.438. The lowest BCUT2D eigenvalue weighted by molar-refractivity contribution is -0.147. The van der Waals surface area contributed by atoms with Crippen molar-refractivity contribution in [1.82, 2.24) is 4.57 Å². The number of hydrogen-bond donors (Lipinski definition) is 1. The van der Waals surface area contributed by atoms with Crippen molar-refractivity contribution in [2.24, 2.45) is 5.41 Å². The molecular formula is C16H20BrNO2. The Balaban J connectivity index is 2.19. The van der Waals surface area contributed by atoms with Crippen molar-refractivity contribution >= 4 is 32.8 Å². The van der Waals surface area contributed by atoms with E-state index in [1.54, 1.807) is 13.8 Å². The number of rotatable bonds is 5. The van der Waals surface area contributed by atoms with Crippen molar-refractivity contribution in [3.05, 3.63) is 34.4 Å². The van der Waals surface area contributed by atoms with Gasteiger partial charge in [0.25, 0.3) is 0 Å². The number of carbonyl (C=O) groups is 1. The Labute approximate surface area is 127 Å². The molecule has 108 valence electrons. The van der Waals surface area contributed by atoms with Gasteiger partial charge in [-0.05, 0) is 55.6 Å². The van der Waals surface area contributed by atoms with Crippen LogP contribution >= 0.6 is 15.9 Å². The van der Waals surface area contributed by atoms with Crippen LogP contribution in [0.3, 0.4) is 0 Å². The van der Waals surface area contributed by atoms with Crippen LogP contribution in [0.1, 0.15) is 32.4 Å². The maximum atomic E-state index is 11.1. The second-order valence-electron chi connectivity index (χ2n) is 5.86. The minimum Gasteiger partial charge on any atom is -0.481 e. The van der Waals surface area contributed by atoms with Gasteiger partial charge in [0.2, 0.25) is 0 Å². The number of carboxylic acids is 1. The molecule has 0 atom stereocenters. The van der Waals surface area contributed by atoms with Crippen molar-refractivity contribution < 1.29 is 9.90 Å². The maximum Gasteiger partial charge on any atom is 0.309 e. The predicted octanol–water partition coefficient (Wildman–Crippen LogP) is 4.60. The number of halogens is 1. The quantitative estimate of drug-likeness (QED) is 0.865. The molecule has 0 bridgehead atoms. The van der Waals surface area contributed by atoms with Gasteiger partial charge in [0.05, 0.1) is 5.41 Å². The van der Waals surface area contributed by atoms with Gasteiger partial charge in [-0.25, -0.2) is 0 Å². The third-order valence-electron chi connectivity index (χ3n) is 3.92. The monoisotopic (exact) mass is 337 g/mol. The number of aliphatic carboxylic acids is 1. The summed E-state index contributed by atoms with van der Waals surface area (Å²) < 4.78 is 3.39. The molecule has 0 saturated heterocycles. The predicted molar refractivity (Wildman–Crippen MR) is 85.0 cm³/mol. The Hall–Kier alpha value is -1.29. The van der Waals surface area contributed by atoms with Gasteiger partial charge in [0.1, 0.15) is 0 Å². The van der Waals surface area contributed by atoms with Gasteiger partial charge in [-0.2, -0.15) is 0 Å². The third-order valence-corrected chi connectivity index (χ3v) is 4.92. The Bertz CT molecular complexity index is 643. The summed E-state index contributed by atoms with van der Waals surface area (Å²) in [5.74, 6) is -0.729. The highest BCUT2D eigenvalue weighted by Gasteiger charge is 2.26. The molecule has 0 aliphatic heterocycles. The van der Waals surface area contributed by atoms with Crippen LogP contribution in [0.5, 0.6) is 0 Å². The van der Waals surface area contributed by atoms with Gasteiger partial charge in [-0.3, -0.25) is 4.79 Å². The number of fused-ring (bicyclic) bond motifs is 1. The maximum absolute atomic E-state index is 11.1. The average molecular weight is 338 g/mol. The second-order valence-corrected chi connectivity index (χ2v) is 6.65. The summed E-state index contributed by atoms with van der Waals surface area (Å²) in [6.07, 6.45) is 1.52. The molecule has 1 aromatic heterocycles. The number of para-hydroxylation sites is 1. The molecule has 3 nitrogen and oxygen atoms in total. The van der Waals surface area contributed by atoms with E-state index in [1.807, 2.05) is 12.1 Å². The first-order chi connectivity index (χ1) is 9.34. The van der Waals surface area contributed by atoms with Gasteiger partial charge in [0.15, 0.2) is 0 Å². The zero-order valence-corrected chi connectivity index (χ0v) is 13.7. The van der Waals surface area contributed by atoms with Crippen molar-refractivity contribution in [3.8, 4) is 0 Å². The van der Waals surface area contributed by atoms with Crippen LogP contribution in [0.2, 0.25) is 0 Å². The lowest BCUT2D eigenvalue weighted by Crippen LogP contribution is -2.23. The SMILES string of the molecule is Cc1c(Br)c2ccccc2n1CCCC(C)(C)C(=O)O. The Morgan fingerprint density at radius 2 is 2.00 bits per heavy atom. The van der Waals surface area contributed by atoms with Crippen LogP contribution < -0.4 is 0 Å². The van der Waals surface area contributed by atoms with Crippen LogP contribution in [0.15, 0.2) is 28.7 Å². The van der Waals surface area contributed by atoms with Crippen LogP contribution in [0.25, 0.3) is 10.9 Å². The van der Waals surface area contributed by atoms with E-state index < -0.39 is 11.4 Å². The molecule has 0 aliphatic carbocycles.